The highest BCUT2D eigenvalue weighted by Crippen LogP contribution is 2.41. The molecule has 1 fully saturated rings. The number of rotatable bonds is 0. The Morgan fingerprint density at radius 2 is 2.10 bits per heavy atom. The van der Waals surface area contributed by atoms with Crippen molar-refractivity contribution in [2.75, 3.05) is 0 Å². The molecular weight excluding hydrogens is 120 g/mol. The molecule has 1 atom stereocenters. The summed E-state index contributed by atoms with van der Waals surface area (Å²) in [5.74, 6) is 0.828. The summed E-state index contributed by atoms with van der Waals surface area (Å²) in [4.78, 5) is 0. The maximum Gasteiger partial charge on any atom is -0.0292 e. The van der Waals surface area contributed by atoms with Gasteiger partial charge in [0.25, 0.3) is 0 Å². The highest BCUT2D eigenvalue weighted by atomic mass is 14.3. The van der Waals surface area contributed by atoms with Gasteiger partial charge in [0.1, 0.15) is 0 Å². The van der Waals surface area contributed by atoms with Gasteiger partial charge >= 0.3 is 0 Å². The van der Waals surface area contributed by atoms with Gasteiger partial charge in [-0.2, -0.15) is 0 Å². The second-order valence-electron chi connectivity index (χ2n) is 4.34. The predicted octanol–water partition coefficient (Wildman–Crippen LogP) is 3.39. The molecule has 0 aromatic carbocycles. The molecule has 0 aromatic rings. The molecule has 1 rings (SSSR count). The summed E-state index contributed by atoms with van der Waals surface area (Å²) in [5.41, 5.74) is 2.01. The Morgan fingerprint density at radius 1 is 1.50 bits per heavy atom. The van der Waals surface area contributed by atoms with Gasteiger partial charge in [-0.05, 0) is 30.6 Å². The molecule has 1 aliphatic rings. The Balaban J connectivity index is 2.60. The molecule has 0 bridgehead atoms. The molecule has 1 saturated carbocycles. The van der Waals surface area contributed by atoms with Crippen LogP contribution in [0.4, 0.5) is 0 Å². The minimum Gasteiger partial charge on any atom is -0.0999 e. The van der Waals surface area contributed by atoms with Crippen molar-refractivity contribution in [3.63, 3.8) is 0 Å². The molecule has 58 valence electrons. The number of hydrogen-bond donors (Lipinski definition) is 0. The fraction of sp³-hybridized carbons (Fsp3) is 0.800. The quantitative estimate of drug-likeness (QED) is 0.450. The van der Waals surface area contributed by atoms with Crippen LogP contribution in [0.2, 0.25) is 0 Å². The molecule has 0 saturated heterocycles. The molecular formula is C10H18. The maximum atomic E-state index is 4.03. The summed E-state index contributed by atoms with van der Waals surface area (Å²) in [5, 5.41) is 0. The highest BCUT2D eigenvalue weighted by Gasteiger charge is 2.29. The normalized spacial score (nSPS) is 32.3. The first kappa shape index (κ1) is 7.84. The van der Waals surface area contributed by atoms with Crippen molar-refractivity contribution in [3.05, 3.63) is 12.2 Å². The third-order valence-electron chi connectivity index (χ3n) is 3.05. The van der Waals surface area contributed by atoms with Crippen LogP contribution in [0.1, 0.15) is 40.0 Å². The minimum atomic E-state index is 0.557. The average Bonchev–Trinajstić information content (AvgIpc) is 1.81. The molecule has 0 aliphatic heterocycles. The van der Waals surface area contributed by atoms with E-state index in [4.69, 9.17) is 0 Å². The van der Waals surface area contributed by atoms with Crippen LogP contribution in [0.15, 0.2) is 12.2 Å². The van der Waals surface area contributed by atoms with Gasteiger partial charge in [0, 0.05) is 0 Å². The molecule has 0 spiro atoms. The van der Waals surface area contributed by atoms with Gasteiger partial charge in [-0.3, -0.25) is 0 Å². The van der Waals surface area contributed by atoms with E-state index in [1.807, 2.05) is 0 Å². The van der Waals surface area contributed by atoms with Gasteiger partial charge in [-0.1, -0.05) is 32.9 Å². The Morgan fingerprint density at radius 3 is 2.50 bits per heavy atom. The van der Waals surface area contributed by atoms with Gasteiger partial charge in [0.15, 0.2) is 0 Å². The molecule has 0 aromatic heterocycles. The molecule has 10 heavy (non-hydrogen) atoms. The summed E-state index contributed by atoms with van der Waals surface area (Å²) in [6, 6.07) is 0. The first-order valence-electron chi connectivity index (χ1n) is 4.19. The monoisotopic (exact) mass is 138 g/mol. The predicted molar refractivity (Wildman–Crippen MR) is 45.9 cm³/mol. The van der Waals surface area contributed by atoms with E-state index < -0.39 is 0 Å². The van der Waals surface area contributed by atoms with Crippen molar-refractivity contribution in [3.8, 4) is 0 Å². The number of hydrogen-bond acceptors (Lipinski definition) is 0. The molecule has 0 N–H and O–H groups in total. The van der Waals surface area contributed by atoms with Gasteiger partial charge in [-0.25, -0.2) is 0 Å². The Hall–Kier alpha value is -0.260. The molecule has 0 nitrogen and oxygen atoms in total. The lowest BCUT2D eigenvalue weighted by Crippen LogP contribution is -2.26. The van der Waals surface area contributed by atoms with Gasteiger partial charge in [0.2, 0.25) is 0 Å². The average molecular weight is 138 g/mol. The van der Waals surface area contributed by atoms with E-state index in [0.29, 0.717) is 5.41 Å². The maximum absolute atomic E-state index is 4.03. The van der Waals surface area contributed by atoms with E-state index in [1.165, 1.54) is 24.8 Å². The van der Waals surface area contributed by atoms with E-state index in [2.05, 4.69) is 27.4 Å². The Labute approximate surface area is 64.3 Å². The SMILES string of the molecule is C=C1CCC(C)(C)[C@@H](C)C1. The lowest BCUT2D eigenvalue weighted by atomic mass is 9.68. The molecule has 0 amide bonds. The minimum absolute atomic E-state index is 0.557. The molecule has 1 aliphatic carbocycles. The smallest absolute Gasteiger partial charge is 0.0292 e. The summed E-state index contributed by atoms with van der Waals surface area (Å²) in [7, 11) is 0. The van der Waals surface area contributed by atoms with Gasteiger partial charge < -0.3 is 0 Å². The lowest BCUT2D eigenvalue weighted by Gasteiger charge is -2.37. The van der Waals surface area contributed by atoms with E-state index in [1.54, 1.807) is 0 Å². The second-order valence-corrected chi connectivity index (χ2v) is 4.34. The summed E-state index contributed by atoms with van der Waals surface area (Å²) >= 11 is 0. The van der Waals surface area contributed by atoms with Gasteiger partial charge in [0.05, 0.1) is 0 Å². The largest absolute Gasteiger partial charge is 0.0999 e. The van der Waals surface area contributed by atoms with Crippen LogP contribution in [0, 0.1) is 11.3 Å². The molecule has 0 heteroatoms. The second kappa shape index (κ2) is 2.41. The van der Waals surface area contributed by atoms with E-state index in [9.17, 15) is 0 Å². The van der Waals surface area contributed by atoms with Crippen LogP contribution in [-0.4, -0.2) is 0 Å². The Bertz CT molecular complexity index is 142. The third-order valence-corrected chi connectivity index (χ3v) is 3.05. The fourth-order valence-corrected chi connectivity index (χ4v) is 1.56. The van der Waals surface area contributed by atoms with Gasteiger partial charge in [-0.15, -0.1) is 0 Å². The van der Waals surface area contributed by atoms with Crippen molar-refractivity contribution in [2.24, 2.45) is 11.3 Å². The molecule has 0 heterocycles. The van der Waals surface area contributed by atoms with E-state index in [-0.39, 0.29) is 0 Å². The standard InChI is InChI=1S/C10H18/c1-8-5-6-10(3,4)9(2)7-8/h9H,1,5-7H2,2-4H3/t9-/m0/s1. The summed E-state index contributed by atoms with van der Waals surface area (Å²) in [6.45, 7) is 11.1. The number of allylic oxidation sites excluding steroid dienone is 1. The van der Waals surface area contributed by atoms with Crippen molar-refractivity contribution in [1.29, 1.82) is 0 Å². The summed E-state index contributed by atoms with van der Waals surface area (Å²) < 4.78 is 0. The van der Waals surface area contributed by atoms with Crippen LogP contribution in [-0.2, 0) is 0 Å². The lowest BCUT2D eigenvalue weighted by molar-refractivity contribution is 0.184. The Kier molecular flexibility index (Phi) is 1.89. The first-order valence-corrected chi connectivity index (χ1v) is 4.19. The van der Waals surface area contributed by atoms with Crippen molar-refractivity contribution < 1.29 is 0 Å². The zero-order valence-corrected chi connectivity index (χ0v) is 7.41. The van der Waals surface area contributed by atoms with Crippen molar-refractivity contribution in [2.45, 2.75) is 40.0 Å². The molecule has 0 unspecified atom stereocenters. The van der Waals surface area contributed by atoms with Crippen molar-refractivity contribution in [1.82, 2.24) is 0 Å². The van der Waals surface area contributed by atoms with Crippen LogP contribution in [0.3, 0.4) is 0 Å². The summed E-state index contributed by atoms with van der Waals surface area (Å²) in [6.07, 6.45) is 3.82. The third kappa shape index (κ3) is 1.42. The van der Waals surface area contributed by atoms with Crippen LogP contribution >= 0.6 is 0 Å². The molecule has 0 radical (unpaired) electrons. The topological polar surface area (TPSA) is 0 Å². The van der Waals surface area contributed by atoms with Crippen LogP contribution in [0.5, 0.6) is 0 Å². The first-order chi connectivity index (χ1) is 4.52. The van der Waals surface area contributed by atoms with E-state index in [0.717, 1.165) is 5.92 Å². The van der Waals surface area contributed by atoms with E-state index >= 15 is 0 Å². The van der Waals surface area contributed by atoms with Crippen LogP contribution < -0.4 is 0 Å². The fourth-order valence-electron chi connectivity index (χ4n) is 1.56. The van der Waals surface area contributed by atoms with Crippen LogP contribution in [0.25, 0.3) is 0 Å². The zero-order valence-electron chi connectivity index (χ0n) is 7.41. The zero-order chi connectivity index (χ0) is 7.78. The van der Waals surface area contributed by atoms with Crippen molar-refractivity contribution >= 4 is 0 Å². The highest BCUT2D eigenvalue weighted by molar-refractivity contribution is 5.03.